The molecule has 0 radical (unpaired) electrons. The Labute approximate surface area is 201 Å². The average Bonchev–Trinajstić information content (AvgIpc) is 2.91. The lowest BCUT2D eigenvalue weighted by atomic mass is 9.94. The van der Waals surface area contributed by atoms with Crippen molar-refractivity contribution in [3.05, 3.63) is 70.8 Å². The van der Waals surface area contributed by atoms with Crippen molar-refractivity contribution >= 4 is 11.6 Å². The summed E-state index contributed by atoms with van der Waals surface area (Å²) in [6, 6.07) is 14.8. The third kappa shape index (κ3) is 4.71. The van der Waals surface area contributed by atoms with Crippen LogP contribution in [0.3, 0.4) is 0 Å². The van der Waals surface area contributed by atoms with Crippen LogP contribution < -0.4 is 15.4 Å². The number of pyridine rings is 1. The Morgan fingerprint density at radius 1 is 1.03 bits per heavy atom. The predicted octanol–water partition coefficient (Wildman–Crippen LogP) is 4.19. The lowest BCUT2D eigenvalue weighted by Gasteiger charge is -2.35. The number of morpholine rings is 1. The lowest BCUT2D eigenvalue weighted by Crippen LogP contribution is -2.41. The van der Waals surface area contributed by atoms with Crippen LogP contribution in [0.4, 0.5) is 11.6 Å². The summed E-state index contributed by atoms with van der Waals surface area (Å²) in [5, 5.41) is 0. The first-order chi connectivity index (χ1) is 16.6. The Hall–Kier alpha value is -3.19. The van der Waals surface area contributed by atoms with Crippen molar-refractivity contribution in [3.8, 4) is 11.3 Å². The first kappa shape index (κ1) is 22.6. The molecular formula is C27H33N5O2. The van der Waals surface area contributed by atoms with Gasteiger partial charge < -0.3 is 14.5 Å². The van der Waals surface area contributed by atoms with Crippen molar-refractivity contribution in [1.82, 2.24) is 14.5 Å². The van der Waals surface area contributed by atoms with Gasteiger partial charge in [-0.3, -0.25) is 14.3 Å². The maximum Gasteiger partial charge on any atom is 0.255 e. The van der Waals surface area contributed by atoms with Crippen LogP contribution in [0.5, 0.6) is 0 Å². The van der Waals surface area contributed by atoms with Gasteiger partial charge in [0.05, 0.1) is 18.8 Å². The van der Waals surface area contributed by atoms with Crippen LogP contribution in [-0.4, -0.2) is 47.3 Å². The largest absolute Gasteiger partial charge is 0.372 e. The lowest BCUT2D eigenvalue weighted by molar-refractivity contribution is 0.0390. The van der Waals surface area contributed by atoms with Gasteiger partial charge in [-0.2, -0.15) is 0 Å². The molecule has 0 N–H and O–H groups in total. The van der Waals surface area contributed by atoms with E-state index in [1.807, 2.05) is 12.1 Å². The Kier molecular flexibility index (Phi) is 6.63. The summed E-state index contributed by atoms with van der Waals surface area (Å²) in [6.07, 6.45) is 9.96. The van der Waals surface area contributed by atoms with Gasteiger partial charge in [0.1, 0.15) is 6.10 Å². The van der Waals surface area contributed by atoms with Crippen LogP contribution in [0.25, 0.3) is 11.3 Å². The van der Waals surface area contributed by atoms with E-state index in [0.717, 1.165) is 11.1 Å². The zero-order chi connectivity index (χ0) is 23.5. The minimum atomic E-state index is -0.0741. The SMILES string of the molecule is CN(c1ccc(C2CN(c3nc(-c4ccncc4)cc(=O)n3C)CCO2)cc1)C1CCCCC1. The molecule has 1 aliphatic carbocycles. The van der Waals surface area contributed by atoms with Gasteiger partial charge in [0.25, 0.3) is 5.56 Å². The van der Waals surface area contributed by atoms with Crippen molar-refractivity contribution in [2.75, 3.05) is 36.5 Å². The van der Waals surface area contributed by atoms with E-state index in [1.165, 1.54) is 37.8 Å². The summed E-state index contributed by atoms with van der Waals surface area (Å²) in [5.74, 6) is 0.668. The molecule has 5 rings (SSSR count). The minimum absolute atomic E-state index is 0.0655. The van der Waals surface area contributed by atoms with E-state index in [9.17, 15) is 4.79 Å². The molecule has 0 bridgehead atoms. The maximum atomic E-state index is 12.7. The molecule has 3 heterocycles. The highest BCUT2D eigenvalue weighted by Crippen LogP contribution is 2.30. The molecule has 34 heavy (non-hydrogen) atoms. The fraction of sp³-hybridized carbons (Fsp3) is 0.444. The van der Waals surface area contributed by atoms with Crippen molar-refractivity contribution in [2.24, 2.45) is 7.05 Å². The van der Waals surface area contributed by atoms with E-state index in [0.29, 0.717) is 37.4 Å². The molecule has 1 unspecified atom stereocenters. The summed E-state index contributed by atoms with van der Waals surface area (Å²) in [6.45, 7) is 1.93. The number of benzene rings is 1. The third-order valence-electron chi connectivity index (χ3n) is 7.23. The molecule has 1 aromatic carbocycles. The number of hydrogen-bond acceptors (Lipinski definition) is 6. The molecule has 178 valence electrons. The molecule has 1 saturated carbocycles. The van der Waals surface area contributed by atoms with Gasteiger partial charge in [0, 0.05) is 56.4 Å². The molecule has 1 atom stereocenters. The van der Waals surface area contributed by atoms with Crippen molar-refractivity contribution in [2.45, 2.75) is 44.2 Å². The highest BCUT2D eigenvalue weighted by molar-refractivity contribution is 5.59. The Morgan fingerprint density at radius 3 is 2.50 bits per heavy atom. The fourth-order valence-electron chi connectivity index (χ4n) is 5.12. The van der Waals surface area contributed by atoms with Gasteiger partial charge in [0.15, 0.2) is 0 Å². The second-order valence-electron chi connectivity index (χ2n) is 9.37. The quantitative estimate of drug-likeness (QED) is 0.570. The summed E-state index contributed by atoms with van der Waals surface area (Å²) >= 11 is 0. The van der Waals surface area contributed by atoms with Gasteiger partial charge in [0.2, 0.25) is 5.95 Å². The van der Waals surface area contributed by atoms with Gasteiger partial charge in [-0.05, 0) is 42.7 Å². The molecule has 2 fully saturated rings. The summed E-state index contributed by atoms with van der Waals surface area (Å²) < 4.78 is 7.76. The number of nitrogens with zero attached hydrogens (tertiary/aromatic N) is 5. The van der Waals surface area contributed by atoms with Crippen molar-refractivity contribution in [1.29, 1.82) is 0 Å². The van der Waals surface area contributed by atoms with Crippen LogP contribution in [0, 0.1) is 0 Å². The second kappa shape index (κ2) is 9.97. The van der Waals surface area contributed by atoms with E-state index in [4.69, 9.17) is 9.72 Å². The monoisotopic (exact) mass is 459 g/mol. The molecular weight excluding hydrogens is 426 g/mol. The number of aromatic nitrogens is 3. The molecule has 0 amide bonds. The smallest absolute Gasteiger partial charge is 0.255 e. The number of rotatable bonds is 5. The van der Waals surface area contributed by atoms with E-state index >= 15 is 0 Å². The number of anilines is 2. The summed E-state index contributed by atoms with van der Waals surface area (Å²) in [7, 11) is 3.99. The van der Waals surface area contributed by atoms with Gasteiger partial charge in [-0.1, -0.05) is 31.4 Å². The molecule has 7 heteroatoms. The van der Waals surface area contributed by atoms with Crippen molar-refractivity contribution in [3.63, 3.8) is 0 Å². The molecule has 2 aliphatic rings. The number of hydrogen-bond donors (Lipinski definition) is 0. The van der Waals surface area contributed by atoms with E-state index < -0.39 is 0 Å². The zero-order valence-corrected chi connectivity index (χ0v) is 20.1. The molecule has 3 aromatic rings. The normalized spacial score (nSPS) is 19.2. The summed E-state index contributed by atoms with van der Waals surface area (Å²) in [4.78, 5) is 26.2. The average molecular weight is 460 g/mol. The highest BCUT2D eigenvalue weighted by atomic mass is 16.5. The Morgan fingerprint density at radius 2 is 1.76 bits per heavy atom. The Balaban J connectivity index is 1.34. The third-order valence-corrected chi connectivity index (χ3v) is 7.23. The van der Waals surface area contributed by atoms with E-state index in [1.54, 1.807) is 30.1 Å². The first-order valence-corrected chi connectivity index (χ1v) is 12.3. The second-order valence-corrected chi connectivity index (χ2v) is 9.37. The minimum Gasteiger partial charge on any atom is -0.372 e. The van der Waals surface area contributed by atoms with Crippen LogP contribution in [-0.2, 0) is 11.8 Å². The predicted molar refractivity (Wildman–Crippen MR) is 135 cm³/mol. The van der Waals surface area contributed by atoms with Crippen LogP contribution >= 0.6 is 0 Å². The molecule has 7 nitrogen and oxygen atoms in total. The molecule has 2 aromatic heterocycles. The highest BCUT2D eigenvalue weighted by Gasteiger charge is 2.26. The van der Waals surface area contributed by atoms with E-state index in [2.05, 4.69) is 46.1 Å². The van der Waals surface area contributed by atoms with Crippen molar-refractivity contribution < 1.29 is 4.74 Å². The number of ether oxygens (including phenoxy) is 1. The van der Waals surface area contributed by atoms with Gasteiger partial charge in [-0.15, -0.1) is 0 Å². The zero-order valence-electron chi connectivity index (χ0n) is 20.1. The summed E-state index contributed by atoms with van der Waals surface area (Å²) in [5.41, 5.74) is 3.89. The molecule has 1 saturated heterocycles. The molecule has 0 spiro atoms. The fourth-order valence-corrected chi connectivity index (χ4v) is 5.12. The molecule has 1 aliphatic heterocycles. The maximum absolute atomic E-state index is 12.7. The first-order valence-electron chi connectivity index (χ1n) is 12.3. The van der Waals surface area contributed by atoms with Crippen LogP contribution in [0.15, 0.2) is 59.7 Å². The van der Waals surface area contributed by atoms with E-state index in [-0.39, 0.29) is 11.7 Å². The topological polar surface area (TPSA) is 63.5 Å². The van der Waals surface area contributed by atoms with Crippen LogP contribution in [0.1, 0.15) is 43.8 Å². The van der Waals surface area contributed by atoms with Crippen LogP contribution in [0.2, 0.25) is 0 Å². The van der Waals surface area contributed by atoms with Gasteiger partial charge in [-0.25, -0.2) is 4.98 Å². The Bertz CT molecular complexity index is 1160. The standard InChI is InChI=1S/C27H33N5O2/c1-30(22-6-4-3-5-7-22)23-10-8-21(9-11-23)25-19-32(16-17-34-25)27-29-24(18-26(33)31(27)2)20-12-14-28-15-13-20/h8-15,18,22,25H,3-7,16-17,19H2,1-2H3. The van der Waals surface area contributed by atoms with Gasteiger partial charge >= 0.3 is 0 Å².